The molecular weight excluding hydrogens is 318 g/mol. The van der Waals surface area contributed by atoms with Crippen LogP contribution in [0, 0.1) is 6.92 Å². The topological polar surface area (TPSA) is 38.7 Å². The van der Waals surface area contributed by atoms with Crippen molar-refractivity contribution in [2.45, 2.75) is 27.2 Å². The Bertz CT molecular complexity index is 923. The SMILES string of the molecule is C/C=C(\C=C/CC)c1ccc(-c2nc(C)nc(-c3ccccc3)n2)cc1. The van der Waals surface area contributed by atoms with Crippen LogP contribution >= 0.6 is 0 Å². The molecule has 26 heavy (non-hydrogen) atoms. The molecule has 0 N–H and O–H groups in total. The lowest BCUT2D eigenvalue weighted by molar-refractivity contribution is 0.992. The monoisotopic (exact) mass is 341 g/mol. The Balaban J connectivity index is 1.95. The molecule has 130 valence electrons. The first-order valence-corrected chi connectivity index (χ1v) is 8.93. The number of hydrogen-bond acceptors (Lipinski definition) is 3. The summed E-state index contributed by atoms with van der Waals surface area (Å²) in [5.41, 5.74) is 4.40. The Morgan fingerprint density at radius 2 is 1.46 bits per heavy atom. The zero-order chi connectivity index (χ0) is 18.4. The van der Waals surface area contributed by atoms with Crippen LogP contribution in [-0.2, 0) is 0 Å². The Labute approximate surface area is 155 Å². The quantitative estimate of drug-likeness (QED) is 0.544. The maximum absolute atomic E-state index is 4.67. The molecule has 0 spiro atoms. The van der Waals surface area contributed by atoms with E-state index in [0.29, 0.717) is 11.6 Å². The van der Waals surface area contributed by atoms with Gasteiger partial charge in [0.15, 0.2) is 11.6 Å². The van der Waals surface area contributed by atoms with E-state index in [1.807, 2.05) is 37.3 Å². The van der Waals surface area contributed by atoms with Crippen molar-refractivity contribution in [3.63, 3.8) is 0 Å². The summed E-state index contributed by atoms with van der Waals surface area (Å²) in [7, 11) is 0. The first-order chi connectivity index (χ1) is 12.7. The molecule has 0 amide bonds. The van der Waals surface area contributed by atoms with Crippen LogP contribution in [0.1, 0.15) is 31.7 Å². The van der Waals surface area contributed by atoms with Crippen molar-refractivity contribution in [1.82, 2.24) is 15.0 Å². The highest BCUT2D eigenvalue weighted by molar-refractivity contribution is 5.75. The van der Waals surface area contributed by atoms with Gasteiger partial charge in [0.1, 0.15) is 5.82 Å². The van der Waals surface area contributed by atoms with E-state index in [0.717, 1.165) is 23.4 Å². The van der Waals surface area contributed by atoms with Gasteiger partial charge in [-0.1, -0.05) is 79.7 Å². The summed E-state index contributed by atoms with van der Waals surface area (Å²) in [6.07, 6.45) is 7.49. The lowest BCUT2D eigenvalue weighted by Crippen LogP contribution is -1.99. The van der Waals surface area contributed by atoms with Crippen LogP contribution in [0.25, 0.3) is 28.3 Å². The molecule has 0 aliphatic heterocycles. The lowest BCUT2D eigenvalue weighted by Gasteiger charge is -2.07. The molecule has 0 radical (unpaired) electrons. The van der Waals surface area contributed by atoms with Crippen LogP contribution in [0.4, 0.5) is 0 Å². The minimum atomic E-state index is 0.703. The van der Waals surface area contributed by atoms with Gasteiger partial charge in [-0.05, 0) is 31.4 Å². The largest absolute Gasteiger partial charge is 0.213 e. The van der Waals surface area contributed by atoms with E-state index in [9.17, 15) is 0 Å². The average molecular weight is 341 g/mol. The molecule has 0 bridgehead atoms. The standard InChI is InChI=1S/C23H23N3/c1-4-6-10-18(5-2)19-13-15-21(16-14-19)23-25-17(3)24-22(26-23)20-11-8-7-9-12-20/h5-16H,4H2,1-3H3/b10-6-,18-5+. The summed E-state index contributed by atoms with van der Waals surface area (Å²) in [5, 5.41) is 0. The first kappa shape index (κ1) is 17.7. The van der Waals surface area contributed by atoms with Crippen molar-refractivity contribution in [2.24, 2.45) is 0 Å². The number of aromatic nitrogens is 3. The highest BCUT2D eigenvalue weighted by atomic mass is 15.0. The number of benzene rings is 2. The zero-order valence-corrected chi connectivity index (χ0v) is 15.5. The lowest BCUT2D eigenvalue weighted by atomic mass is 10.0. The molecule has 3 rings (SSSR count). The second-order valence-electron chi connectivity index (χ2n) is 6.03. The van der Waals surface area contributed by atoms with Crippen LogP contribution < -0.4 is 0 Å². The minimum absolute atomic E-state index is 0.703. The highest BCUT2D eigenvalue weighted by Crippen LogP contribution is 2.23. The number of hydrogen-bond donors (Lipinski definition) is 0. The number of rotatable bonds is 5. The van der Waals surface area contributed by atoms with E-state index in [-0.39, 0.29) is 0 Å². The van der Waals surface area contributed by atoms with Gasteiger partial charge in [-0.25, -0.2) is 15.0 Å². The second kappa shape index (κ2) is 8.34. The Kier molecular flexibility index (Phi) is 5.69. The summed E-state index contributed by atoms with van der Waals surface area (Å²) >= 11 is 0. The van der Waals surface area contributed by atoms with E-state index in [2.05, 4.69) is 71.3 Å². The molecule has 0 aliphatic carbocycles. The predicted octanol–water partition coefficient (Wildman–Crippen LogP) is 5.88. The van der Waals surface area contributed by atoms with Crippen molar-refractivity contribution < 1.29 is 0 Å². The predicted molar refractivity (Wildman–Crippen MR) is 109 cm³/mol. The van der Waals surface area contributed by atoms with Crippen LogP contribution in [0.2, 0.25) is 0 Å². The second-order valence-corrected chi connectivity index (χ2v) is 6.03. The number of aryl methyl sites for hydroxylation is 1. The van der Waals surface area contributed by atoms with Gasteiger partial charge in [-0.15, -0.1) is 0 Å². The summed E-state index contributed by atoms with van der Waals surface area (Å²) in [4.78, 5) is 13.7. The average Bonchev–Trinajstić information content (AvgIpc) is 2.69. The number of allylic oxidation sites excluding steroid dienone is 4. The molecule has 1 aromatic heterocycles. The van der Waals surface area contributed by atoms with Gasteiger partial charge >= 0.3 is 0 Å². The highest BCUT2D eigenvalue weighted by Gasteiger charge is 2.08. The van der Waals surface area contributed by atoms with Crippen molar-refractivity contribution in [3.05, 3.63) is 84.2 Å². The Morgan fingerprint density at radius 3 is 2.04 bits per heavy atom. The summed E-state index contributed by atoms with van der Waals surface area (Å²) in [5.74, 6) is 2.13. The van der Waals surface area contributed by atoms with Crippen LogP contribution in [0.3, 0.4) is 0 Å². The molecule has 0 saturated heterocycles. The van der Waals surface area contributed by atoms with Crippen molar-refractivity contribution in [1.29, 1.82) is 0 Å². The molecule has 0 fully saturated rings. The molecule has 0 atom stereocenters. The molecule has 3 nitrogen and oxygen atoms in total. The van der Waals surface area contributed by atoms with E-state index >= 15 is 0 Å². The van der Waals surface area contributed by atoms with E-state index in [1.54, 1.807) is 0 Å². The van der Waals surface area contributed by atoms with E-state index < -0.39 is 0 Å². The minimum Gasteiger partial charge on any atom is -0.213 e. The maximum Gasteiger partial charge on any atom is 0.163 e. The summed E-state index contributed by atoms with van der Waals surface area (Å²) in [6.45, 7) is 6.10. The Hall–Kier alpha value is -3.07. The smallest absolute Gasteiger partial charge is 0.163 e. The Morgan fingerprint density at radius 1 is 0.846 bits per heavy atom. The molecule has 0 unspecified atom stereocenters. The third-order valence-corrected chi connectivity index (χ3v) is 4.10. The fraction of sp³-hybridized carbons (Fsp3) is 0.174. The van der Waals surface area contributed by atoms with Crippen LogP contribution in [0.5, 0.6) is 0 Å². The summed E-state index contributed by atoms with van der Waals surface area (Å²) in [6, 6.07) is 18.4. The fourth-order valence-corrected chi connectivity index (χ4v) is 2.74. The van der Waals surface area contributed by atoms with Gasteiger partial charge in [0.2, 0.25) is 0 Å². The number of nitrogens with zero attached hydrogens (tertiary/aromatic N) is 3. The van der Waals surface area contributed by atoms with E-state index in [4.69, 9.17) is 0 Å². The third kappa shape index (κ3) is 4.12. The van der Waals surface area contributed by atoms with Gasteiger partial charge in [0, 0.05) is 11.1 Å². The summed E-state index contributed by atoms with van der Waals surface area (Å²) < 4.78 is 0. The molecule has 0 aliphatic rings. The first-order valence-electron chi connectivity index (χ1n) is 8.93. The van der Waals surface area contributed by atoms with Gasteiger partial charge in [-0.3, -0.25) is 0 Å². The third-order valence-electron chi connectivity index (χ3n) is 4.10. The maximum atomic E-state index is 4.67. The van der Waals surface area contributed by atoms with E-state index in [1.165, 1.54) is 11.1 Å². The molecule has 2 aromatic carbocycles. The van der Waals surface area contributed by atoms with Gasteiger partial charge in [-0.2, -0.15) is 0 Å². The normalized spacial score (nSPS) is 11.9. The molecule has 3 aromatic rings. The molecule has 1 heterocycles. The van der Waals surface area contributed by atoms with Gasteiger partial charge in [0.25, 0.3) is 0 Å². The van der Waals surface area contributed by atoms with Crippen molar-refractivity contribution in [3.8, 4) is 22.8 Å². The molecule has 3 heteroatoms. The van der Waals surface area contributed by atoms with Gasteiger partial charge in [0.05, 0.1) is 0 Å². The van der Waals surface area contributed by atoms with Gasteiger partial charge < -0.3 is 0 Å². The van der Waals surface area contributed by atoms with Crippen LogP contribution in [0.15, 0.2) is 72.8 Å². The molecule has 0 saturated carbocycles. The van der Waals surface area contributed by atoms with Crippen LogP contribution in [-0.4, -0.2) is 15.0 Å². The van der Waals surface area contributed by atoms with Crippen molar-refractivity contribution >= 4 is 5.57 Å². The van der Waals surface area contributed by atoms with Crippen molar-refractivity contribution in [2.75, 3.05) is 0 Å². The zero-order valence-electron chi connectivity index (χ0n) is 15.5. The fourth-order valence-electron chi connectivity index (χ4n) is 2.74. The molecular formula is C23H23N3.